The van der Waals surface area contributed by atoms with Crippen LogP contribution in [0.15, 0.2) is 11.5 Å². The number of thioether (sulfide) groups is 2. The average molecular weight is 301 g/mol. The minimum absolute atomic E-state index is 0.187. The summed E-state index contributed by atoms with van der Waals surface area (Å²) in [5, 5.41) is 9.23. The third kappa shape index (κ3) is 3.96. The second-order valence-electron chi connectivity index (χ2n) is 3.53. The van der Waals surface area contributed by atoms with Crippen LogP contribution in [-0.2, 0) is 9.59 Å². The quantitative estimate of drug-likeness (QED) is 0.695. The average Bonchev–Trinajstić information content (AvgIpc) is 3.00. The molecule has 1 aliphatic rings. The molecule has 1 aliphatic heterocycles. The van der Waals surface area contributed by atoms with E-state index in [0.717, 1.165) is 16.7 Å². The van der Waals surface area contributed by atoms with Crippen molar-refractivity contribution in [3.63, 3.8) is 0 Å². The summed E-state index contributed by atoms with van der Waals surface area (Å²) in [5.74, 6) is -0.00612. The largest absolute Gasteiger partial charge is 0.354 e. The Labute approximate surface area is 117 Å². The molecule has 1 aromatic heterocycles. The molecule has 2 N–H and O–H groups in total. The second-order valence-corrected chi connectivity index (χ2v) is 5.42. The number of imide groups is 1. The Bertz CT molecular complexity index is 462. The highest BCUT2D eigenvalue weighted by Crippen LogP contribution is 2.17. The summed E-state index contributed by atoms with van der Waals surface area (Å²) in [6, 6.07) is 0. The minimum Gasteiger partial charge on any atom is -0.354 e. The van der Waals surface area contributed by atoms with E-state index in [0.29, 0.717) is 5.16 Å². The van der Waals surface area contributed by atoms with E-state index in [4.69, 9.17) is 0 Å². The fourth-order valence-corrected chi connectivity index (χ4v) is 2.71. The molecule has 0 unspecified atom stereocenters. The molecule has 1 aromatic rings. The number of aromatic amines is 1. The van der Waals surface area contributed by atoms with Crippen molar-refractivity contribution < 1.29 is 14.4 Å². The van der Waals surface area contributed by atoms with E-state index in [1.165, 1.54) is 18.1 Å². The molecule has 2 heterocycles. The molecule has 19 heavy (non-hydrogen) atoms. The van der Waals surface area contributed by atoms with Crippen LogP contribution in [0.25, 0.3) is 0 Å². The summed E-state index contributed by atoms with van der Waals surface area (Å²) in [6.45, 7) is 0.469. The number of hydrogen-bond acceptors (Lipinski definition) is 7. The topological polar surface area (TPSA) is 108 Å². The highest BCUT2D eigenvalue weighted by atomic mass is 32.2. The van der Waals surface area contributed by atoms with Gasteiger partial charge in [-0.15, -0.1) is 0 Å². The smallest absolute Gasteiger partial charge is 0.288 e. The van der Waals surface area contributed by atoms with Crippen molar-refractivity contribution in [1.29, 1.82) is 0 Å². The molecule has 102 valence electrons. The van der Waals surface area contributed by atoms with Crippen molar-refractivity contribution in [2.45, 2.75) is 5.16 Å². The summed E-state index contributed by atoms with van der Waals surface area (Å²) in [6.07, 6.45) is 1.36. The molecule has 2 rings (SSSR count). The van der Waals surface area contributed by atoms with E-state index in [1.807, 2.05) is 0 Å². The molecule has 0 aromatic carbocycles. The van der Waals surface area contributed by atoms with Gasteiger partial charge in [0.1, 0.15) is 6.33 Å². The lowest BCUT2D eigenvalue weighted by atomic mass is 10.5. The first-order chi connectivity index (χ1) is 9.16. The van der Waals surface area contributed by atoms with Gasteiger partial charge in [-0.05, 0) is 0 Å². The normalized spacial score (nSPS) is 15.1. The maximum atomic E-state index is 11.5. The van der Waals surface area contributed by atoms with Crippen molar-refractivity contribution in [3.8, 4) is 0 Å². The van der Waals surface area contributed by atoms with Crippen LogP contribution in [-0.4, -0.2) is 61.7 Å². The van der Waals surface area contributed by atoms with E-state index in [1.54, 1.807) is 0 Å². The van der Waals surface area contributed by atoms with Gasteiger partial charge in [-0.1, -0.05) is 23.5 Å². The summed E-state index contributed by atoms with van der Waals surface area (Å²) >= 11 is 2.21. The van der Waals surface area contributed by atoms with E-state index < -0.39 is 0 Å². The molecular formula is C9H11N5O3S2. The fraction of sp³-hybridized carbons (Fsp3) is 0.444. The summed E-state index contributed by atoms with van der Waals surface area (Å²) in [7, 11) is 0. The number of nitrogens with zero attached hydrogens (tertiary/aromatic N) is 3. The molecule has 0 atom stereocenters. The summed E-state index contributed by atoms with van der Waals surface area (Å²) < 4.78 is 0. The van der Waals surface area contributed by atoms with Crippen LogP contribution in [0, 0.1) is 0 Å². The van der Waals surface area contributed by atoms with Crippen molar-refractivity contribution in [2.75, 3.05) is 24.6 Å². The maximum Gasteiger partial charge on any atom is 0.288 e. The molecule has 10 heteroatoms. The van der Waals surface area contributed by atoms with E-state index in [-0.39, 0.29) is 41.6 Å². The molecule has 0 spiro atoms. The van der Waals surface area contributed by atoms with Crippen LogP contribution in [0.2, 0.25) is 0 Å². The third-order valence-corrected chi connectivity index (χ3v) is 3.97. The Balaban J connectivity index is 1.64. The molecule has 0 bridgehead atoms. The maximum absolute atomic E-state index is 11.5. The Morgan fingerprint density at radius 3 is 3.05 bits per heavy atom. The van der Waals surface area contributed by atoms with Gasteiger partial charge in [0.25, 0.3) is 5.24 Å². The Kier molecular flexibility index (Phi) is 4.80. The van der Waals surface area contributed by atoms with Crippen molar-refractivity contribution >= 4 is 40.6 Å². The zero-order chi connectivity index (χ0) is 13.7. The lowest BCUT2D eigenvalue weighted by Crippen LogP contribution is -2.38. The first-order valence-electron chi connectivity index (χ1n) is 5.39. The molecule has 0 aliphatic carbocycles. The van der Waals surface area contributed by atoms with Crippen molar-refractivity contribution in [3.05, 3.63) is 6.33 Å². The second kappa shape index (κ2) is 6.57. The Morgan fingerprint density at radius 2 is 2.42 bits per heavy atom. The van der Waals surface area contributed by atoms with Crippen molar-refractivity contribution in [2.24, 2.45) is 0 Å². The molecule has 8 nitrogen and oxygen atoms in total. The number of H-pyrrole nitrogens is 1. The predicted octanol–water partition coefficient (Wildman–Crippen LogP) is -0.292. The standard InChI is InChI=1S/C9H11N5O3S2/c15-6(3-18-8-11-5-12-13-8)10-1-2-14-7(16)4-19-9(14)17/h5H,1-4H2,(H,10,15)(H,11,12,13). The van der Waals surface area contributed by atoms with E-state index in [2.05, 4.69) is 20.5 Å². The van der Waals surface area contributed by atoms with Crippen LogP contribution in [0.1, 0.15) is 0 Å². The van der Waals surface area contributed by atoms with Gasteiger partial charge in [-0.3, -0.25) is 24.4 Å². The van der Waals surface area contributed by atoms with Crippen LogP contribution in [0.4, 0.5) is 4.79 Å². The molecular weight excluding hydrogens is 290 g/mol. The number of amides is 3. The predicted molar refractivity (Wildman–Crippen MR) is 69.7 cm³/mol. The van der Waals surface area contributed by atoms with Gasteiger partial charge in [-0.25, -0.2) is 4.98 Å². The number of nitrogens with one attached hydrogen (secondary N) is 2. The van der Waals surface area contributed by atoms with Gasteiger partial charge in [0.15, 0.2) is 5.16 Å². The highest BCUT2D eigenvalue weighted by molar-refractivity contribution is 8.14. The van der Waals surface area contributed by atoms with Crippen LogP contribution < -0.4 is 5.32 Å². The van der Waals surface area contributed by atoms with Gasteiger partial charge in [0, 0.05) is 13.1 Å². The number of carbonyl (C=O) groups excluding carboxylic acids is 3. The number of hydrogen-bond donors (Lipinski definition) is 2. The Morgan fingerprint density at radius 1 is 1.58 bits per heavy atom. The minimum atomic E-state index is -0.254. The monoisotopic (exact) mass is 301 g/mol. The van der Waals surface area contributed by atoms with E-state index >= 15 is 0 Å². The summed E-state index contributed by atoms with van der Waals surface area (Å²) in [5.41, 5.74) is 0. The van der Waals surface area contributed by atoms with Crippen LogP contribution in [0.3, 0.4) is 0 Å². The lowest BCUT2D eigenvalue weighted by molar-refractivity contribution is -0.125. The van der Waals surface area contributed by atoms with E-state index in [9.17, 15) is 14.4 Å². The fourth-order valence-electron chi connectivity index (χ4n) is 1.35. The SMILES string of the molecule is O=C(CSc1ncn[nH]1)NCCN1C(=O)CSC1=O. The molecule has 3 amide bonds. The highest BCUT2D eigenvalue weighted by Gasteiger charge is 2.29. The zero-order valence-corrected chi connectivity index (χ0v) is 11.4. The number of aromatic nitrogens is 3. The first-order valence-corrected chi connectivity index (χ1v) is 7.36. The molecule has 1 saturated heterocycles. The summed E-state index contributed by atoms with van der Waals surface area (Å²) in [4.78, 5) is 39.1. The first kappa shape index (κ1) is 13.9. The van der Waals surface area contributed by atoms with Crippen LogP contribution >= 0.6 is 23.5 Å². The third-order valence-electron chi connectivity index (χ3n) is 2.23. The van der Waals surface area contributed by atoms with Crippen molar-refractivity contribution in [1.82, 2.24) is 25.4 Å². The van der Waals surface area contributed by atoms with Gasteiger partial charge in [0.2, 0.25) is 11.8 Å². The lowest BCUT2D eigenvalue weighted by Gasteiger charge is -2.12. The zero-order valence-electron chi connectivity index (χ0n) is 9.79. The molecule has 1 fully saturated rings. The van der Waals surface area contributed by atoms with Gasteiger partial charge in [0.05, 0.1) is 11.5 Å². The number of rotatable bonds is 6. The Hall–Kier alpha value is -1.55. The van der Waals surface area contributed by atoms with Gasteiger partial charge < -0.3 is 5.32 Å². The van der Waals surface area contributed by atoms with Gasteiger partial charge in [-0.2, -0.15) is 5.10 Å². The molecule has 0 saturated carbocycles. The van der Waals surface area contributed by atoms with Crippen LogP contribution in [0.5, 0.6) is 0 Å². The number of carbonyl (C=O) groups is 3. The molecule has 0 radical (unpaired) electrons. The van der Waals surface area contributed by atoms with Gasteiger partial charge >= 0.3 is 0 Å².